The predicted molar refractivity (Wildman–Crippen MR) is 138 cm³/mol. The van der Waals surface area contributed by atoms with Gasteiger partial charge in [-0.15, -0.1) is 0 Å². The van der Waals surface area contributed by atoms with Gasteiger partial charge in [0.2, 0.25) is 5.91 Å². The van der Waals surface area contributed by atoms with Crippen LogP contribution >= 0.6 is 0 Å². The molecule has 0 radical (unpaired) electrons. The normalized spacial score (nSPS) is 15.4. The maximum Gasteiger partial charge on any atom is 0.405 e. The fraction of sp³-hybridized carbons (Fsp3) is 0.741. The number of halogens is 3. The summed E-state index contributed by atoms with van der Waals surface area (Å²) in [4.78, 5) is 12.4. The Morgan fingerprint density at radius 1 is 1.05 bits per heavy atom. The zero-order valence-electron chi connectivity index (χ0n) is 22.9. The molecule has 0 saturated heterocycles. The number of hydrogen-bond acceptors (Lipinski definition) is 6. The summed E-state index contributed by atoms with van der Waals surface area (Å²) in [6, 6.07) is 5.15. The molecule has 0 heterocycles. The number of aliphatic hydroxyl groups excluding tert-OH is 1. The molecular weight excluding hydrogens is 489 g/mol. The Morgan fingerprint density at radius 3 is 2.27 bits per heavy atom. The predicted octanol–water partition coefficient (Wildman–Crippen LogP) is 4.34. The van der Waals surface area contributed by atoms with Crippen LogP contribution in [0.3, 0.4) is 0 Å². The number of nitrogens with one attached hydrogen (secondary N) is 1. The number of rotatable bonds is 17. The third kappa shape index (κ3) is 12.4. The van der Waals surface area contributed by atoms with Crippen LogP contribution < -0.4 is 20.5 Å². The molecule has 37 heavy (non-hydrogen) atoms. The minimum absolute atomic E-state index is 0.00463. The highest BCUT2D eigenvalue weighted by Gasteiger charge is 2.33. The van der Waals surface area contributed by atoms with Gasteiger partial charge < -0.3 is 30.4 Å². The quantitative estimate of drug-likeness (QED) is 0.257. The summed E-state index contributed by atoms with van der Waals surface area (Å²) in [5.41, 5.74) is 7.39. The molecule has 0 unspecified atom stereocenters. The average Bonchev–Trinajstić information content (AvgIpc) is 2.82. The molecule has 0 bridgehead atoms. The van der Waals surface area contributed by atoms with Crippen molar-refractivity contribution >= 4 is 5.91 Å². The molecule has 0 saturated carbocycles. The van der Waals surface area contributed by atoms with Gasteiger partial charge in [-0.3, -0.25) is 4.79 Å². The van der Waals surface area contributed by atoms with E-state index < -0.39 is 36.7 Å². The van der Waals surface area contributed by atoms with E-state index in [1.807, 2.05) is 23.5 Å². The van der Waals surface area contributed by atoms with Crippen molar-refractivity contribution < 1.29 is 37.3 Å². The summed E-state index contributed by atoms with van der Waals surface area (Å²) in [5, 5.41) is 12.7. The van der Waals surface area contributed by atoms with Crippen molar-refractivity contribution in [2.24, 2.45) is 29.4 Å². The van der Waals surface area contributed by atoms with Gasteiger partial charge >= 0.3 is 6.18 Å². The highest BCUT2D eigenvalue weighted by Crippen LogP contribution is 2.32. The maximum atomic E-state index is 12.5. The van der Waals surface area contributed by atoms with Gasteiger partial charge in [0.05, 0.1) is 19.8 Å². The van der Waals surface area contributed by atoms with Crippen molar-refractivity contribution in [2.45, 2.75) is 71.7 Å². The number of benzene rings is 1. The molecule has 0 spiro atoms. The number of nitrogens with two attached hydrogens (primary N) is 1. The van der Waals surface area contributed by atoms with Gasteiger partial charge in [0.1, 0.15) is 6.54 Å². The molecule has 1 aromatic rings. The zero-order valence-corrected chi connectivity index (χ0v) is 22.9. The summed E-state index contributed by atoms with van der Waals surface area (Å²) in [5.74, 6) is -0.100. The molecule has 0 aromatic heterocycles. The van der Waals surface area contributed by atoms with Gasteiger partial charge in [-0.1, -0.05) is 33.8 Å². The molecule has 0 aliphatic rings. The van der Waals surface area contributed by atoms with Crippen LogP contribution in [0.4, 0.5) is 13.2 Å². The highest BCUT2D eigenvalue weighted by molar-refractivity contribution is 5.79. The maximum absolute atomic E-state index is 12.5. The lowest BCUT2D eigenvalue weighted by Crippen LogP contribution is -2.44. The molecule has 0 aliphatic carbocycles. The van der Waals surface area contributed by atoms with Crippen molar-refractivity contribution in [2.75, 3.05) is 34.0 Å². The molecule has 1 rings (SSSR count). The lowest BCUT2D eigenvalue weighted by molar-refractivity contribution is -0.142. The number of methoxy groups -OCH3 is 2. The molecule has 4 atom stereocenters. The Hall–Kier alpha value is -2.04. The lowest BCUT2D eigenvalue weighted by atomic mass is 9.81. The lowest BCUT2D eigenvalue weighted by Gasteiger charge is -2.30. The molecule has 4 N–H and O–H groups in total. The van der Waals surface area contributed by atoms with E-state index in [1.54, 1.807) is 28.1 Å². The van der Waals surface area contributed by atoms with Gasteiger partial charge in [-0.05, 0) is 54.7 Å². The van der Waals surface area contributed by atoms with E-state index in [0.29, 0.717) is 37.6 Å². The van der Waals surface area contributed by atoms with Gasteiger partial charge in [0.15, 0.2) is 11.5 Å². The minimum Gasteiger partial charge on any atom is -0.493 e. The smallest absolute Gasteiger partial charge is 0.405 e. The second-order valence-corrected chi connectivity index (χ2v) is 10.3. The Balaban J connectivity index is 2.85. The Kier molecular flexibility index (Phi) is 14.3. The van der Waals surface area contributed by atoms with Crippen LogP contribution in [-0.4, -0.2) is 63.3 Å². The fourth-order valence-corrected chi connectivity index (χ4v) is 4.18. The third-order valence-corrected chi connectivity index (χ3v) is 6.59. The molecular formula is C27H45F3N2O5. The van der Waals surface area contributed by atoms with Crippen molar-refractivity contribution in [1.82, 2.24) is 5.32 Å². The molecule has 0 fully saturated rings. The van der Waals surface area contributed by atoms with Crippen LogP contribution in [0.15, 0.2) is 18.2 Å². The van der Waals surface area contributed by atoms with E-state index in [4.69, 9.17) is 19.9 Å². The largest absolute Gasteiger partial charge is 0.493 e. The summed E-state index contributed by atoms with van der Waals surface area (Å²) in [6.45, 7) is 7.34. The molecule has 1 amide bonds. The van der Waals surface area contributed by atoms with Crippen LogP contribution in [0, 0.1) is 23.7 Å². The van der Waals surface area contributed by atoms with Crippen LogP contribution in [0.5, 0.6) is 11.5 Å². The molecule has 214 valence electrons. The van der Waals surface area contributed by atoms with E-state index in [9.17, 15) is 23.1 Å². The summed E-state index contributed by atoms with van der Waals surface area (Å²) in [7, 11) is 3.22. The number of ether oxygens (including phenoxy) is 3. The highest BCUT2D eigenvalue weighted by atomic mass is 19.4. The summed E-state index contributed by atoms with van der Waals surface area (Å²) < 4.78 is 53.9. The topological polar surface area (TPSA) is 103 Å². The van der Waals surface area contributed by atoms with Crippen molar-refractivity contribution in [3.8, 4) is 11.5 Å². The third-order valence-electron chi connectivity index (χ3n) is 6.59. The molecule has 7 nitrogen and oxygen atoms in total. The van der Waals surface area contributed by atoms with Crippen LogP contribution in [-0.2, 0) is 16.0 Å². The second-order valence-electron chi connectivity index (χ2n) is 10.3. The minimum atomic E-state index is -4.49. The van der Waals surface area contributed by atoms with E-state index in [1.165, 1.54) is 0 Å². The van der Waals surface area contributed by atoms with Gasteiger partial charge in [-0.2, -0.15) is 13.2 Å². The van der Waals surface area contributed by atoms with Crippen molar-refractivity contribution in [1.29, 1.82) is 0 Å². The standard InChI is InChI=1S/C27H45F3N2O5/c1-17(2)20(12-19-8-9-24(36-6)25(13-19)37-11-7-10-35-5)14-22(31)23(33)15-21(18(3)4)26(34)32-16-27(28,29)30/h8-9,13,17-18,20-23,33H,7,10-12,14-16,31H2,1-6H3,(H,32,34)/t20-,21-,22-,23-/m0/s1. The van der Waals surface area contributed by atoms with Gasteiger partial charge in [0.25, 0.3) is 0 Å². The van der Waals surface area contributed by atoms with Crippen LogP contribution in [0.2, 0.25) is 0 Å². The van der Waals surface area contributed by atoms with E-state index >= 15 is 0 Å². The first kappa shape index (κ1) is 33.0. The van der Waals surface area contributed by atoms with E-state index in [-0.39, 0.29) is 24.2 Å². The SMILES string of the molecule is COCCCOc1cc(C[C@@H](C[C@H](N)[C@@H](O)C[C@H](C(=O)NCC(F)(F)F)C(C)C)C(C)C)ccc1OC. The van der Waals surface area contributed by atoms with Crippen molar-refractivity contribution in [3.05, 3.63) is 23.8 Å². The van der Waals surface area contributed by atoms with E-state index in [2.05, 4.69) is 13.8 Å². The van der Waals surface area contributed by atoms with Crippen LogP contribution in [0.25, 0.3) is 0 Å². The first-order valence-electron chi connectivity index (χ1n) is 12.9. The second kappa shape index (κ2) is 16.0. The first-order valence-corrected chi connectivity index (χ1v) is 12.9. The summed E-state index contributed by atoms with van der Waals surface area (Å²) in [6.07, 6.45) is -3.60. The Morgan fingerprint density at radius 2 is 1.73 bits per heavy atom. The number of carbonyl (C=O) groups excluding carboxylic acids is 1. The number of hydrogen-bond donors (Lipinski definition) is 3. The number of amides is 1. The number of alkyl halides is 3. The number of aliphatic hydroxyl groups is 1. The number of carbonyl (C=O) groups is 1. The average molecular weight is 535 g/mol. The monoisotopic (exact) mass is 534 g/mol. The van der Waals surface area contributed by atoms with Gasteiger partial charge in [0, 0.05) is 32.1 Å². The fourth-order valence-electron chi connectivity index (χ4n) is 4.18. The Bertz CT molecular complexity index is 805. The zero-order chi connectivity index (χ0) is 28.2. The van der Waals surface area contributed by atoms with Crippen molar-refractivity contribution in [3.63, 3.8) is 0 Å². The first-order chi connectivity index (χ1) is 17.3. The molecule has 10 heteroatoms. The van der Waals surface area contributed by atoms with E-state index in [0.717, 1.165) is 12.0 Å². The van der Waals surface area contributed by atoms with Gasteiger partial charge in [-0.25, -0.2) is 0 Å². The van der Waals surface area contributed by atoms with Crippen LogP contribution in [0.1, 0.15) is 52.5 Å². The summed E-state index contributed by atoms with van der Waals surface area (Å²) >= 11 is 0. The molecule has 0 aliphatic heterocycles. The molecule has 1 aromatic carbocycles. The Labute approximate surface area is 219 Å².